The van der Waals surface area contributed by atoms with Crippen molar-refractivity contribution in [2.75, 3.05) is 5.32 Å². The number of nitrogens with one attached hydrogen (secondary N) is 1. The lowest BCUT2D eigenvalue weighted by Gasteiger charge is -2.08. The van der Waals surface area contributed by atoms with Gasteiger partial charge in [0.05, 0.1) is 0 Å². The maximum Gasteiger partial charge on any atom is 0.160 e. The first-order chi connectivity index (χ1) is 8.43. The Labute approximate surface area is 99.5 Å². The number of aromatic nitrogens is 2. The highest BCUT2D eigenvalue weighted by atomic mass is 15.1. The highest BCUT2D eigenvalue weighted by Crippen LogP contribution is 2.26. The van der Waals surface area contributed by atoms with Crippen molar-refractivity contribution < 1.29 is 0 Å². The van der Waals surface area contributed by atoms with Crippen LogP contribution in [0.25, 0.3) is 0 Å². The van der Waals surface area contributed by atoms with Crippen LogP contribution in [0.15, 0.2) is 41.7 Å². The predicted octanol–water partition coefficient (Wildman–Crippen LogP) is 2.35. The number of benzene rings is 1. The third-order valence-corrected chi connectivity index (χ3v) is 2.73. The zero-order chi connectivity index (χ0) is 11.5. The second kappa shape index (κ2) is 4.33. The van der Waals surface area contributed by atoms with Gasteiger partial charge in [-0.3, -0.25) is 0 Å². The Hall–Kier alpha value is -2.23. The second-order valence-corrected chi connectivity index (χ2v) is 3.88. The van der Waals surface area contributed by atoms with E-state index in [9.17, 15) is 0 Å². The number of anilines is 1. The summed E-state index contributed by atoms with van der Waals surface area (Å²) in [6.07, 6.45) is 4.23. The first kappa shape index (κ1) is 9.96. The Morgan fingerprint density at radius 2 is 2.00 bits per heavy atom. The van der Waals surface area contributed by atoms with Gasteiger partial charge >= 0.3 is 0 Å². The fraction of sp³-hybridized carbons (Fsp3) is 0.154. The molecule has 0 spiro atoms. The van der Waals surface area contributed by atoms with Gasteiger partial charge in [-0.2, -0.15) is 0 Å². The van der Waals surface area contributed by atoms with E-state index in [0.717, 1.165) is 30.2 Å². The van der Waals surface area contributed by atoms with Gasteiger partial charge in [0.1, 0.15) is 12.1 Å². The van der Waals surface area contributed by atoms with Crippen LogP contribution >= 0.6 is 0 Å². The molecule has 1 aromatic carbocycles. The number of hydrogen-bond donors (Lipinski definition) is 1. The average Bonchev–Trinajstić information content (AvgIpc) is 2.86. The van der Waals surface area contributed by atoms with Gasteiger partial charge in [-0.15, -0.1) is 0 Å². The molecule has 1 N–H and O–H groups in total. The highest BCUT2D eigenvalue weighted by Gasteiger charge is 2.13. The Kier molecular flexibility index (Phi) is 2.54. The largest absolute Gasteiger partial charge is 0.366 e. The molecule has 0 radical (unpaired) electrons. The number of aliphatic imine (C=N–C) groups is 1. The lowest BCUT2D eigenvalue weighted by molar-refractivity contribution is 1.06. The molecule has 2 aromatic rings. The molecule has 4 heteroatoms. The maximum atomic E-state index is 4.26. The van der Waals surface area contributed by atoms with Gasteiger partial charge in [-0.05, 0) is 5.56 Å². The Balaban J connectivity index is 1.77. The molecule has 3 rings (SSSR count). The first-order valence-corrected chi connectivity index (χ1v) is 5.58. The maximum absolute atomic E-state index is 4.26. The summed E-state index contributed by atoms with van der Waals surface area (Å²) in [6, 6.07) is 10.3. The van der Waals surface area contributed by atoms with E-state index in [0.29, 0.717) is 0 Å². The molecule has 0 bridgehead atoms. The van der Waals surface area contributed by atoms with Crippen molar-refractivity contribution in [3.8, 4) is 0 Å². The van der Waals surface area contributed by atoms with E-state index in [1.54, 1.807) is 6.33 Å². The summed E-state index contributed by atoms with van der Waals surface area (Å²) >= 11 is 0. The van der Waals surface area contributed by atoms with Gasteiger partial charge < -0.3 is 5.32 Å². The summed E-state index contributed by atoms with van der Waals surface area (Å²) in [5.74, 6) is 1.67. The average molecular weight is 224 g/mol. The molecule has 0 unspecified atom stereocenters. The van der Waals surface area contributed by atoms with Gasteiger partial charge in [-0.25, -0.2) is 15.0 Å². The monoisotopic (exact) mass is 224 g/mol. The number of nitrogens with zero attached hydrogens (tertiary/aromatic N) is 3. The minimum atomic E-state index is 0.768. The molecule has 17 heavy (non-hydrogen) atoms. The fourth-order valence-corrected chi connectivity index (χ4v) is 1.86. The van der Waals surface area contributed by atoms with Crippen LogP contribution in [-0.2, 0) is 13.0 Å². The predicted molar refractivity (Wildman–Crippen MR) is 67.7 cm³/mol. The van der Waals surface area contributed by atoms with Gasteiger partial charge in [0.15, 0.2) is 5.82 Å². The molecule has 0 fully saturated rings. The Morgan fingerprint density at radius 1 is 1.12 bits per heavy atom. The fourth-order valence-electron chi connectivity index (χ4n) is 1.86. The van der Waals surface area contributed by atoms with Crippen molar-refractivity contribution in [2.45, 2.75) is 13.0 Å². The van der Waals surface area contributed by atoms with Crippen molar-refractivity contribution in [1.29, 1.82) is 0 Å². The molecule has 4 nitrogen and oxygen atoms in total. The van der Waals surface area contributed by atoms with Crippen molar-refractivity contribution in [2.24, 2.45) is 4.99 Å². The minimum Gasteiger partial charge on any atom is -0.366 e. The number of hydrogen-bond acceptors (Lipinski definition) is 4. The van der Waals surface area contributed by atoms with Crippen LogP contribution in [0.5, 0.6) is 0 Å². The van der Waals surface area contributed by atoms with Gasteiger partial charge in [0.25, 0.3) is 0 Å². The molecule has 1 aliphatic rings. The van der Waals surface area contributed by atoms with Crippen molar-refractivity contribution in [3.05, 3.63) is 47.8 Å². The summed E-state index contributed by atoms with van der Waals surface area (Å²) in [5.41, 5.74) is 2.32. The van der Waals surface area contributed by atoms with Gasteiger partial charge in [0.2, 0.25) is 0 Å². The third-order valence-electron chi connectivity index (χ3n) is 2.73. The van der Waals surface area contributed by atoms with E-state index >= 15 is 0 Å². The van der Waals surface area contributed by atoms with Crippen LogP contribution in [-0.4, -0.2) is 16.2 Å². The highest BCUT2D eigenvalue weighted by molar-refractivity contribution is 5.77. The topological polar surface area (TPSA) is 50.2 Å². The lowest BCUT2D eigenvalue weighted by atomic mass is 10.2. The number of fused-ring (bicyclic) bond motifs is 1. The zero-order valence-corrected chi connectivity index (χ0v) is 9.30. The third kappa shape index (κ3) is 2.01. The molecular weight excluding hydrogens is 212 g/mol. The molecule has 84 valence electrons. The quantitative estimate of drug-likeness (QED) is 0.870. The zero-order valence-electron chi connectivity index (χ0n) is 9.30. The summed E-state index contributed by atoms with van der Waals surface area (Å²) < 4.78 is 0. The summed E-state index contributed by atoms with van der Waals surface area (Å²) in [4.78, 5) is 12.6. The van der Waals surface area contributed by atoms with Crippen molar-refractivity contribution >= 4 is 17.9 Å². The standard InChI is InChI=1S/C13H12N4/c1-2-4-10(5-3-1)8-15-13-11-6-7-14-12(11)16-9-17-13/h1-5,7,9H,6,8H2,(H,15,16,17). The lowest BCUT2D eigenvalue weighted by Crippen LogP contribution is -2.04. The van der Waals surface area contributed by atoms with Crippen molar-refractivity contribution in [1.82, 2.24) is 9.97 Å². The van der Waals surface area contributed by atoms with Gasteiger partial charge in [-0.1, -0.05) is 30.3 Å². The van der Waals surface area contributed by atoms with Gasteiger partial charge in [0, 0.05) is 24.7 Å². The second-order valence-electron chi connectivity index (χ2n) is 3.88. The van der Waals surface area contributed by atoms with E-state index in [4.69, 9.17) is 0 Å². The van der Waals surface area contributed by atoms with E-state index in [1.165, 1.54) is 5.56 Å². The summed E-state index contributed by atoms with van der Waals surface area (Å²) in [6.45, 7) is 0.768. The molecule has 2 heterocycles. The SMILES string of the molecule is C1=Nc2ncnc(NCc3ccccc3)c2C1. The molecule has 1 aromatic heterocycles. The van der Waals surface area contributed by atoms with Crippen LogP contribution in [0.4, 0.5) is 11.6 Å². The van der Waals surface area contributed by atoms with E-state index in [1.807, 2.05) is 24.4 Å². The van der Waals surface area contributed by atoms with Crippen LogP contribution in [0.1, 0.15) is 11.1 Å². The molecular formula is C13H12N4. The Bertz CT molecular complexity index is 549. The summed E-state index contributed by atoms with van der Waals surface area (Å²) in [7, 11) is 0. The molecule has 1 aliphatic heterocycles. The Morgan fingerprint density at radius 3 is 2.88 bits per heavy atom. The molecule has 0 saturated heterocycles. The van der Waals surface area contributed by atoms with Crippen LogP contribution in [0, 0.1) is 0 Å². The minimum absolute atomic E-state index is 0.768. The van der Waals surface area contributed by atoms with Crippen molar-refractivity contribution in [3.63, 3.8) is 0 Å². The van der Waals surface area contributed by atoms with Crippen LogP contribution < -0.4 is 5.32 Å². The molecule has 0 atom stereocenters. The molecule has 0 saturated carbocycles. The number of rotatable bonds is 3. The summed E-state index contributed by atoms with van der Waals surface area (Å²) in [5, 5.41) is 3.33. The first-order valence-electron chi connectivity index (χ1n) is 5.58. The van der Waals surface area contributed by atoms with E-state index in [-0.39, 0.29) is 0 Å². The molecule has 0 amide bonds. The van der Waals surface area contributed by atoms with Crippen LogP contribution in [0.3, 0.4) is 0 Å². The van der Waals surface area contributed by atoms with E-state index < -0.39 is 0 Å². The van der Waals surface area contributed by atoms with Crippen LogP contribution in [0.2, 0.25) is 0 Å². The van der Waals surface area contributed by atoms with E-state index in [2.05, 4.69) is 32.4 Å². The molecule has 0 aliphatic carbocycles. The smallest absolute Gasteiger partial charge is 0.160 e. The normalized spacial score (nSPS) is 12.5.